The molecule has 2 unspecified atom stereocenters. The Bertz CT molecular complexity index is 600. The van der Waals surface area contributed by atoms with Crippen molar-refractivity contribution >= 4 is 17.5 Å². The van der Waals surface area contributed by atoms with Crippen LogP contribution in [0.2, 0.25) is 0 Å². The van der Waals surface area contributed by atoms with Gasteiger partial charge in [-0.15, -0.1) is 0 Å². The van der Waals surface area contributed by atoms with Crippen molar-refractivity contribution < 1.29 is 14.3 Å². The second-order valence-corrected chi connectivity index (χ2v) is 7.12. The number of amides is 2. The predicted molar refractivity (Wildman–Crippen MR) is 88.1 cm³/mol. The Morgan fingerprint density at radius 3 is 2.61 bits per heavy atom. The molecule has 3 rings (SSSR count). The van der Waals surface area contributed by atoms with Crippen LogP contribution in [-0.2, 0) is 14.3 Å². The Labute approximate surface area is 137 Å². The van der Waals surface area contributed by atoms with Crippen LogP contribution in [0.5, 0.6) is 0 Å². The van der Waals surface area contributed by atoms with Crippen LogP contribution in [0.3, 0.4) is 0 Å². The quantitative estimate of drug-likeness (QED) is 0.839. The molecule has 2 aliphatic heterocycles. The third kappa shape index (κ3) is 3.11. The molecule has 2 aliphatic rings. The van der Waals surface area contributed by atoms with Crippen molar-refractivity contribution in [3.63, 3.8) is 0 Å². The molecule has 2 fully saturated rings. The number of carbonyl (C=O) groups is 2. The van der Waals surface area contributed by atoms with E-state index >= 15 is 0 Å². The lowest BCUT2D eigenvalue weighted by atomic mass is 9.97. The Morgan fingerprint density at radius 2 is 1.91 bits per heavy atom. The number of hydrogen-bond donors (Lipinski definition) is 0. The standard InChI is InChI=1S/C18H24N2O3/c1-13-10-20(18(2,3)12-23-13)17(22)14-9-16(21)19(11-14)15-7-5-4-6-8-15/h4-8,13-14H,9-12H2,1-3H3. The molecule has 0 saturated carbocycles. The summed E-state index contributed by atoms with van der Waals surface area (Å²) in [6, 6.07) is 9.55. The summed E-state index contributed by atoms with van der Waals surface area (Å²) < 4.78 is 5.68. The van der Waals surface area contributed by atoms with Crippen LogP contribution in [0.25, 0.3) is 0 Å². The third-order valence-corrected chi connectivity index (χ3v) is 4.70. The van der Waals surface area contributed by atoms with Crippen LogP contribution in [-0.4, -0.2) is 48.1 Å². The Hall–Kier alpha value is -1.88. The molecule has 1 aromatic carbocycles. The highest BCUT2D eigenvalue weighted by atomic mass is 16.5. The van der Waals surface area contributed by atoms with E-state index in [4.69, 9.17) is 4.74 Å². The highest BCUT2D eigenvalue weighted by molar-refractivity contribution is 6.00. The van der Waals surface area contributed by atoms with E-state index in [1.807, 2.05) is 56.0 Å². The first-order chi connectivity index (χ1) is 10.9. The minimum Gasteiger partial charge on any atom is -0.374 e. The summed E-state index contributed by atoms with van der Waals surface area (Å²) in [7, 11) is 0. The molecule has 0 aliphatic carbocycles. The van der Waals surface area contributed by atoms with Crippen molar-refractivity contribution in [1.29, 1.82) is 0 Å². The average molecular weight is 316 g/mol. The van der Waals surface area contributed by atoms with Gasteiger partial charge >= 0.3 is 0 Å². The molecule has 124 valence electrons. The summed E-state index contributed by atoms with van der Waals surface area (Å²) in [5, 5.41) is 0. The van der Waals surface area contributed by atoms with E-state index in [9.17, 15) is 9.59 Å². The monoisotopic (exact) mass is 316 g/mol. The van der Waals surface area contributed by atoms with Gasteiger partial charge in [-0.05, 0) is 32.9 Å². The van der Waals surface area contributed by atoms with Gasteiger partial charge in [0.15, 0.2) is 0 Å². The largest absolute Gasteiger partial charge is 0.374 e. The lowest BCUT2D eigenvalue weighted by Gasteiger charge is -2.45. The second-order valence-electron chi connectivity index (χ2n) is 7.12. The highest BCUT2D eigenvalue weighted by Gasteiger charge is 2.43. The predicted octanol–water partition coefficient (Wildman–Crippen LogP) is 2.07. The number of morpholine rings is 1. The summed E-state index contributed by atoms with van der Waals surface area (Å²) in [6.07, 6.45) is 0.324. The summed E-state index contributed by atoms with van der Waals surface area (Å²) in [5.74, 6) is -0.183. The minimum absolute atomic E-state index is 0.0219. The SMILES string of the molecule is CC1CN(C(=O)C2CC(=O)N(c3ccccc3)C2)C(C)(C)CO1. The lowest BCUT2D eigenvalue weighted by Crippen LogP contribution is -2.59. The molecule has 23 heavy (non-hydrogen) atoms. The Kier molecular flexibility index (Phi) is 4.15. The van der Waals surface area contributed by atoms with Crippen LogP contribution in [0.1, 0.15) is 27.2 Å². The van der Waals surface area contributed by atoms with Gasteiger partial charge in [0, 0.05) is 25.2 Å². The maximum Gasteiger partial charge on any atom is 0.228 e. The molecule has 5 heteroatoms. The van der Waals surface area contributed by atoms with Gasteiger partial charge in [0.2, 0.25) is 11.8 Å². The topological polar surface area (TPSA) is 49.9 Å². The van der Waals surface area contributed by atoms with E-state index in [0.29, 0.717) is 19.7 Å². The zero-order valence-electron chi connectivity index (χ0n) is 14.0. The number of carbonyl (C=O) groups excluding carboxylic acids is 2. The van der Waals surface area contributed by atoms with Crippen LogP contribution in [0.15, 0.2) is 30.3 Å². The fourth-order valence-electron chi connectivity index (χ4n) is 3.32. The molecule has 2 amide bonds. The molecule has 5 nitrogen and oxygen atoms in total. The maximum absolute atomic E-state index is 13.0. The highest BCUT2D eigenvalue weighted by Crippen LogP contribution is 2.30. The molecule has 0 N–H and O–H groups in total. The smallest absolute Gasteiger partial charge is 0.228 e. The van der Waals surface area contributed by atoms with Crippen molar-refractivity contribution in [3.8, 4) is 0 Å². The van der Waals surface area contributed by atoms with Crippen molar-refractivity contribution in [2.75, 3.05) is 24.6 Å². The van der Waals surface area contributed by atoms with E-state index < -0.39 is 0 Å². The van der Waals surface area contributed by atoms with E-state index in [1.54, 1.807) is 4.90 Å². The van der Waals surface area contributed by atoms with Crippen LogP contribution in [0, 0.1) is 5.92 Å². The molecule has 2 heterocycles. The molecule has 2 atom stereocenters. The normalized spacial score (nSPS) is 27.3. The van der Waals surface area contributed by atoms with Gasteiger partial charge in [-0.2, -0.15) is 0 Å². The first-order valence-electron chi connectivity index (χ1n) is 8.17. The van der Waals surface area contributed by atoms with Crippen LogP contribution >= 0.6 is 0 Å². The zero-order valence-corrected chi connectivity index (χ0v) is 14.0. The van der Waals surface area contributed by atoms with Crippen molar-refractivity contribution in [1.82, 2.24) is 4.90 Å². The van der Waals surface area contributed by atoms with Gasteiger partial charge < -0.3 is 14.5 Å². The van der Waals surface area contributed by atoms with E-state index in [1.165, 1.54) is 0 Å². The van der Waals surface area contributed by atoms with E-state index in [0.717, 1.165) is 5.69 Å². The number of rotatable bonds is 2. The third-order valence-electron chi connectivity index (χ3n) is 4.70. The summed E-state index contributed by atoms with van der Waals surface area (Å²) in [4.78, 5) is 28.9. The van der Waals surface area contributed by atoms with Gasteiger partial charge in [-0.1, -0.05) is 18.2 Å². The van der Waals surface area contributed by atoms with Gasteiger partial charge in [0.25, 0.3) is 0 Å². The first-order valence-corrected chi connectivity index (χ1v) is 8.17. The molecule has 0 aromatic heterocycles. The van der Waals surface area contributed by atoms with Gasteiger partial charge in [0.05, 0.1) is 24.2 Å². The summed E-state index contributed by atoms with van der Waals surface area (Å²) in [5.41, 5.74) is 0.537. The number of anilines is 1. The van der Waals surface area contributed by atoms with Crippen LogP contribution in [0.4, 0.5) is 5.69 Å². The summed E-state index contributed by atoms with van der Waals surface area (Å²) in [6.45, 7) is 7.59. The Balaban J connectivity index is 1.75. The Morgan fingerprint density at radius 1 is 1.22 bits per heavy atom. The van der Waals surface area contributed by atoms with E-state index in [-0.39, 0.29) is 35.8 Å². The molecule has 2 saturated heterocycles. The number of ether oxygens (including phenoxy) is 1. The van der Waals surface area contributed by atoms with Crippen molar-refractivity contribution in [2.24, 2.45) is 5.92 Å². The van der Waals surface area contributed by atoms with Crippen LogP contribution < -0.4 is 4.90 Å². The van der Waals surface area contributed by atoms with Gasteiger partial charge in [0.1, 0.15) is 0 Å². The number of nitrogens with zero attached hydrogens (tertiary/aromatic N) is 2. The molecule has 0 radical (unpaired) electrons. The molecule has 1 aromatic rings. The number of benzene rings is 1. The molecular weight excluding hydrogens is 292 g/mol. The van der Waals surface area contributed by atoms with Gasteiger partial charge in [-0.25, -0.2) is 0 Å². The fraction of sp³-hybridized carbons (Fsp3) is 0.556. The lowest BCUT2D eigenvalue weighted by molar-refractivity contribution is -0.156. The average Bonchev–Trinajstić information content (AvgIpc) is 2.92. The minimum atomic E-state index is -0.327. The summed E-state index contributed by atoms with van der Waals surface area (Å²) >= 11 is 0. The second kappa shape index (κ2) is 5.96. The number of para-hydroxylation sites is 1. The molecule has 0 spiro atoms. The molecule has 0 bridgehead atoms. The fourth-order valence-corrected chi connectivity index (χ4v) is 3.32. The van der Waals surface area contributed by atoms with E-state index in [2.05, 4.69) is 0 Å². The molecular formula is C18H24N2O3. The zero-order chi connectivity index (χ0) is 16.6. The van der Waals surface area contributed by atoms with Crippen molar-refractivity contribution in [2.45, 2.75) is 38.8 Å². The van der Waals surface area contributed by atoms with Crippen molar-refractivity contribution in [3.05, 3.63) is 30.3 Å². The maximum atomic E-state index is 13.0. The number of hydrogen-bond acceptors (Lipinski definition) is 3. The first kappa shape index (κ1) is 16.0. The van der Waals surface area contributed by atoms with Gasteiger partial charge in [-0.3, -0.25) is 9.59 Å².